The highest BCUT2D eigenvalue weighted by Gasteiger charge is 2.07. The van der Waals surface area contributed by atoms with Gasteiger partial charge in [-0.3, -0.25) is 9.59 Å². The number of benzene rings is 1. The van der Waals surface area contributed by atoms with Crippen molar-refractivity contribution in [2.75, 3.05) is 6.54 Å². The number of rotatable bonds is 4. The van der Waals surface area contributed by atoms with Crippen molar-refractivity contribution >= 4 is 11.8 Å². The first-order valence-corrected chi connectivity index (χ1v) is 5.17. The fourth-order valence-electron chi connectivity index (χ4n) is 1.26. The maximum Gasteiger partial charge on any atom is 0.303 e. The van der Waals surface area contributed by atoms with Crippen LogP contribution in [0.15, 0.2) is 24.3 Å². The fraction of sp³-hybridized carbons (Fsp3) is 0.231. The Hall–Kier alpha value is -2.12. The van der Waals surface area contributed by atoms with E-state index in [4.69, 9.17) is 10.8 Å². The van der Waals surface area contributed by atoms with E-state index in [1.165, 1.54) is 0 Å². The summed E-state index contributed by atoms with van der Waals surface area (Å²) in [4.78, 5) is 21.9. The van der Waals surface area contributed by atoms with Gasteiger partial charge in [-0.05, 0) is 12.1 Å². The normalized spacial score (nSPS) is 9.24. The molecule has 0 saturated heterocycles. The van der Waals surface area contributed by atoms with E-state index in [1.807, 2.05) is 0 Å². The van der Waals surface area contributed by atoms with E-state index >= 15 is 0 Å². The minimum absolute atomic E-state index is 0.0170. The topological polar surface area (TPSA) is 80.4 Å². The molecule has 88 valence electrons. The molecule has 1 rings (SSSR count). The predicted octanol–water partition coefficient (Wildman–Crippen LogP) is 1.04. The van der Waals surface area contributed by atoms with Crippen LogP contribution < -0.4 is 5.73 Å². The van der Waals surface area contributed by atoms with Gasteiger partial charge >= 0.3 is 5.97 Å². The first-order valence-electron chi connectivity index (χ1n) is 5.17. The SMILES string of the molecule is NCC#Cc1ccc(C(=O)CCC(=O)O)cc1. The van der Waals surface area contributed by atoms with Crippen molar-refractivity contribution in [2.24, 2.45) is 5.73 Å². The molecule has 0 aromatic heterocycles. The quantitative estimate of drug-likeness (QED) is 0.599. The number of carbonyl (C=O) groups is 2. The summed E-state index contributed by atoms with van der Waals surface area (Å²) in [6, 6.07) is 6.72. The van der Waals surface area contributed by atoms with Crippen LogP contribution in [-0.2, 0) is 4.79 Å². The number of ketones is 1. The molecule has 3 N–H and O–H groups in total. The van der Waals surface area contributed by atoms with Crippen LogP contribution in [0.3, 0.4) is 0 Å². The molecule has 0 heterocycles. The van der Waals surface area contributed by atoms with Gasteiger partial charge in [-0.1, -0.05) is 24.0 Å². The minimum Gasteiger partial charge on any atom is -0.481 e. The average Bonchev–Trinajstić information content (AvgIpc) is 2.34. The zero-order valence-electron chi connectivity index (χ0n) is 9.27. The van der Waals surface area contributed by atoms with Gasteiger partial charge in [0.2, 0.25) is 0 Å². The summed E-state index contributed by atoms with van der Waals surface area (Å²) in [6.07, 6.45) is -0.128. The van der Waals surface area contributed by atoms with E-state index in [-0.39, 0.29) is 18.6 Å². The van der Waals surface area contributed by atoms with Crippen LogP contribution in [0, 0.1) is 11.8 Å². The lowest BCUT2D eigenvalue weighted by Gasteiger charge is -1.99. The summed E-state index contributed by atoms with van der Waals surface area (Å²) < 4.78 is 0. The van der Waals surface area contributed by atoms with E-state index in [9.17, 15) is 9.59 Å². The van der Waals surface area contributed by atoms with Crippen molar-refractivity contribution < 1.29 is 14.7 Å². The standard InChI is InChI=1S/C13H13NO3/c14-9-1-2-10-3-5-11(6-4-10)12(15)7-8-13(16)17/h3-6H,7-9,14H2,(H,16,17). The van der Waals surface area contributed by atoms with Crippen molar-refractivity contribution in [3.05, 3.63) is 35.4 Å². The van der Waals surface area contributed by atoms with Gasteiger partial charge in [0.25, 0.3) is 0 Å². The highest BCUT2D eigenvalue weighted by molar-refractivity contribution is 5.97. The number of hydrogen-bond acceptors (Lipinski definition) is 3. The fourth-order valence-corrected chi connectivity index (χ4v) is 1.26. The number of carbonyl (C=O) groups excluding carboxylic acids is 1. The van der Waals surface area contributed by atoms with E-state index in [0.29, 0.717) is 12.1 Å². The maximum absolute atomic E-state index is 11.6. The van der Waals surface area contributed by atoms with Gasteiger partial charge in [-0.25, -0.2) is 0 Å². The molecule has 4 nitrogen and oxygen atoms in total. The zero-order valence-corrected chi connectivity index (χ0v) is 9.27. The smallest absolute Gasteiger partial charge is 0.303 e. The van der Waals surface area contributed by atoms with Crippen LogP contribution in [0.2, 0.25) is 0 Å². The monoisotopic (exact) mass is 231 g/mol. The predicted molar refractivity (Wildman–Crippen MR) is 63.6 cm³/mol. The third kappa shape index (κ3) is 4.49. The first-order chi connectivity index (χ1) is 8.13. The van der Waals surface area contributed by atoms with E-state index < -0.39 is 5.97 Å². The maximum atomic E-state index is 11.6. The van der Waals surface area contributed by atoms with Gasteiger partial charge < -0.3 is 10.8 Å². The number of hydrogen-bond donors (Lipinski definition) is 2. The summed E-state index contributed by atoms with van der Waals surface area (Å²) >= 11 is 0. The van der Waals surface area contributed by atoms with Gasteiger partial charge in [-0.2, -0.15) is 0 Å². The Labute approximate surface area is 99.4 Å². The summed E-state index contributed by atoms with van der Waals surface area (Å²) in [5.41, 5.74) is 6.53. The molecule has 0 aliphatic heterocycles. The molecular formula is C13H13NO3. The number of carboxylic acids is 1. The molecule has 17 heavy (non-hydrogen) atoms. The molecule has 4 heteroatoms. The summed E-state index contributed by atoms with van der Waals surface area (Å²) in [5, 5.41) is 8.47. The van der Waals surface area contributed by atoms with Crippen molar-refractivity contribution in [1.29, 1.82) is 0 Å². The second-order valence-corrected chi connectivity index (χ2v) is 3.40. The summed E-state index contributed by atoms with van der Waals surface area (Å²) in [7, 11) is 0. The van der Waals surface area contributed by atoms with Gasteiger partial charge in [0.15, 0.2) is 5.78 Å². The van der Waals surface area contributed by atoms with Gasteiger partial charge in [-0.15, -0.1) is 0 Å². The van der Waals surface area contributed by atoms with Crippen molar-refractivity contribution in [1.82, 2.24) is 0 Å². The molecule has 0 amide bonds. The molecule has 0 aliphatic carbocycles. The third-order valence-electron chi connectivity index (χ3n) is 2.11. The van der Waals surface area contributed by atoms with Crippen LogP contribution in [0.25, 0.3) is 0 Å². The average molecular weight is 231 g/mol. The molecule has 0 bridgehead atoms. The highest BCUT2D eigenvalue weighted by atomic mass is 16.4. The lowest BCUT2D eigenvalue weighted by molar-refractivity contribution is -0.136. The Balaban J connectivity index is 2.67. The lowest BCUT2D eigenvalue weighted by Crippen LogP contribution is -2.03. The van der Waals surface area contributed by atoms with Crippen molar-refractivity contribution in [3.63, 3.8) is 0 Å². The molecule has 1 aromatic rings. The number of Topliss-reactive ketones (excluding diaryl/α,β-unsaturated/α-hetero) is 1. The molecule has 0 radical (unpaired) electrons. The van der Waals surface area contributed by atoms with Crippen LogP contribution in [-0.4, -0.2) is 23.4 Å². The Kier molecular flexibility index (Phi) is 4.92. The molecule has 0 saturated carbocycles. The Morgan fingerprint density at radius 3 is 2.35 bits per heavy atom. The van der Waals surface area contributed by atoms with E-state index in [2.05, 4.69) is 11.8 Å². The minimum atomic E-state index is -0.969. The second kappa shape index (κ2) is 6.46. The lowest BCUT2D eigenvalue weighted by atomic mass is 10.0. The van der Waals surface area contributed by atoms with Crippen LogP contribution >= 0.6 is 0 Å². The van der Waals surface area contributed by atoms with Gasteiger partial charge in [0, 0.05) is 17.5 Å². The molecule has 0 unspecified atom stereocenters. The second-order valence-electron chi connectivity index (χ2n) is 3.40. The molecule has 0 atom stereocenters. The first kappa shape index (κ1) is 12.9. The van der Waals surface area contributed by atoms with E-state index in [1.54, 1.807) is 24.3 Å². The molecule has 0 spiro atoms. The number of aliphatic carboxylic acids is 1. The summed E-state index contributed by atoms with van der Waals surface area (Å²) in [6.45, 7) is 0.291. The van der Waals surface area contributed by atoms with Crippen LogP contribution in [0.1, 0.15) is 28.8 Å². The number of nitrogens with two attached hydrogens (primary N) is 1. The van der Waals surface area contributed by atoms with Crippen molar-refractivity contribution in [2.45, 2.75) is 12.8 Å². The summed E-state index contributed by atoms with van der Waals surface area (Å²) in [5.74, 6) is 4.40. The third-order valence-corrected chi connectivity index (χ3v) is 2.11. The zero-order chi connectivity index (χ0) is 12.7. The molecule has 0 aliphatic rings. The number of carboxylic acid groups (broad SMARTS) is 1. The van der Waals surface area contributed by atoms with Crippen LogP contribution in [0.4, 0.5) is 0 Å². The molecule has 1 aromatic carbocycles. The Morgan fingerprint density at radius 1 is 1.18 bits per heavy atom. The molecule has 0 fully saturated rings. The van der Waals surface area contributed by atoms with E-state index in [0.717, 1.165) is 5.56 Å². The Morgan fingerprint density at radius 2 is 1.82 bits per heavy atom. The van der Waals surface area contributed by atoms with Gasteiger partial charge in [0.05, 0.1) is 13.0 Å². The van der Waals surface area contributed by atoms with Crippen LogP contribution in [0.5, 0.6) is 0 Å². The molecular weight excluding hydrogens is 218 g/mol. The highest BCUT2D eigenvalue weighted by Crippen LogP contribution is 2.07. The van der Waals surface area contributed by atoms with Gasteiger partial charge in [0.1, 0.15) is 0 Å². The Bertz CT molecular complexity index is 466. The van der Waals surface area contributed by atoms with Crippen molar-refractivity contribution in [3.8, 4) is 11.8 Å². The largest absolute Gasteiger partial charge is 0.481 e.